The van der Waals surface area contributed by atoms with E-state index in [0.717, 1.165) is 18.9 Å². The van der Waals surface area contributed by atoms with E-state index in [1.54, 1.807) is 0 Å². The average molecular weight is 277 g/mol. The first-order valence-corrected chi connectivity index (χ1v) is 6.07. The summed E-state index contributed by atoms with van der Waals surface area (Å²) >= 11 is 0. The van der Waals surface area contributed by atoms with Crippen molar-refractivity contribution < 1.29 is 13.2 Å². The molecule has 1 rings (SSSR count). The normalized spacial score (nSPS) is 11.7. The van der Waals surface area contributed by atoms with E-state index in [1.807, 2.05) is 19.3 Å². The van der Waals surface area contributed by atoms with Gasteiger partial charge in [0.15, 0.2) is 5.69 Å². The number of aromatic nitrogens is 2. The third-order valence-electron chi connectivity index (χ3n) is 2.87. The molecule has 0 aliphatic rings. The number of nitrogens with zero attached hydrogens (tertiary/aromatic N) is 2. The van der Waals surface area contributed by atoms with Gasteiger partial charge < -0.3 is 5.32 Å². The third-order valence-corrected chi connectivity index (χ3v) is 2.87. The van der Waals surface area contributed by atoms with Crippen molar-refractivity contribution in [2.45, 2.75) is 32.9 Å². The third kappa shape index (κ3) is 4.55. The number of anilines is 2. The van der Waals surface area contributed by atoms with E-state index < -0.39 is 11.9 Å². The predicted octanol–water partition coefficient (Wildman–Crippen LogP) is 2.63. The van der Waals surface area contributed by atoms with Crippen LogP contribution >= 0.6 is 0 Å². The highest BCUT2D eigenvalue weighted by molar-refractivity contribution is 5.42. The molecule has 0 saturated carbocycles. The smallest absolute Gasteiger partial charge is 0.370 e. The zero-order valence-electron chi connectivity index (χ0n) is 10.9. The van der Waals surface area contributed by atoms with E-state index in [0.29, 0.717) is 12.5 Å². The lowest BCUT2D eigenvalue weighted by atomic mass is 10.0. The molecule has 1 aromatic heterocycles. The van der Waals surface area contributed by atoms with Gasteiger partial charge in [0.2, 0.25) is 5.95 Å². The van der Waals surface area contributed by atoms with Gasteiger partial charge in [-0.3, -0.25) is 5.43 Å². The lowest BCUT2D eigenvalue weighted by molar-refractivity contribution is -0.141. The monoisotopic (exact) mass is 277 g/mol. The van der Waals surface area contributed by atoms with E-state index in [1.165, 1.54) is 0 Å². The largest absolute Gasteiger partial charge is 0.433 e. The summed E-state index contributed by atoms with van der Waals surface area (Å²) in [5.74, 6) is 5.31. The molecule has 0 radical (unpaired) electrons. The first-order valence-electron chi connectivity index (χ1n) is 6.07. The average Bonchev–Trinajstić information content (AvgIpc) is 2.38. The van der Waals surface area contributed by atoms with Crippen molar-refractivity contribution >= 4 is 11.8 Å². The van der Waals surface area contributed by atoms with Crippen molar-refractivity contribution in [3.8, 4) is 0 Å². The van der Waals surface area contributed by atoms with Crippen LogP contribution in [-0.2, 0) is 6.18 Å². The van der Waals surface area contributed by atoms with Gasteiger partial charge in [-0.2, -0.15) is 18.2 Å². The molecule has 1 aromatic rings. The SMILES string of the molecule is CCC(CC)CNc1cc(C(F)(F)F)nc(NN)n1. The second kappa shape index (κ2) is 6.55. The molecule has 0 aliphatic heterocycles. The predicted molar refractivity (Wildman–Crippen MR) is 67.4 cm³/mol. The molecule has 0 aliphatic carbocycles. The van der Waals surface area contributed by atoms with Crippen LogP contribution in [0.1, 0.15) is 32.4 Å². The molecule has 8 heteroatoms. The Balaban J connectivity index is 2.88. The van der Waals surface area contributed by atoms with Crippen molar-refractivity contribution in [2.75, 3.05) is 17.3 Å². The molecule has 0 saturated heterocycles. The number of nitrogen functional groups attached to an aromatic ring is 1. The first kappa shape index (κ1) is 15.5. The van der Waals surface area contributed by atoms with Crippen molar-refractivity contribution in [1.82, 2.24) is 9.97 Å². The Kier molecular flexibility index (Phi) is 5.34. The molecule has 0 aromatic carbocycles. The van der Waals surface area contributed by atoms with Crippen molar-refractivity contribution in [3.05, 3.63) is 11.8 Å². The Morgan fingerprint density at radius 2 is 1.89 bits per heavy atom. The molecule has 0 amide bonds. The highest BCUT2D eigenvalue weighted by Crippen LogP contribution is 2.29. The molecule has 5 nitrogen and oxygen atoms in total. The number of hydrogen-bond acceptors (Lipinski definition) is 5. The zero-order valence-corrected chi connectivity index (χ0v) is 10.9. The summed E-state index contributed by atoms with van der Waals surface area (Å²) in [5.41, 5.74) is 1.01. The Labute approximate surface area is 109 Å². The molecule has 0 atom stereocenters. The number of halogens is 3. The second-order valence-electron chi connectivity index (χ2n) is 4.17. The topological polar surface area (TPSA) is 75.9 Å². The zero-order chi connectivity index (χ0) is 14.5. The molecule has 0 fully saturated rings. The van der Waals surface area contributed by atoms with Gasteiger partial charge >= 0.3 is 6.18 Å². The number of alkyl halides is 3. The summed E-state index contributed by atoms with van der Waals surface area (Å²) in [6, 6.07) is 0.878. The number of hydrogen-bond donors (Lipinski definition) is 3. The van der Waals surface area contributed by atoms with Crippen LogP contribution in [-0.4, -0.2) is 16.5 Å². The Hall–Kier alpha value is -1.57. The van der Waals surface area contributed by atoms with E-state index >= 15 is 0 Å². The molecular weight excluding hydrogens is 259 g/mol. The molecule has 4 N–H and O–H groups in total. The van der Waals surface area contributed by atoms with Gasteiger partial charge in [-0.15, -0.1) is 0 Å². The van der Waals surface area contributed by atoms with Crippen LogP contribution in [0.4, 0.5) is 24.9 Å². The van der Waals surface area contributed by atoms with E-state index in [-0.39, 0.29) is 11.8 Å². The van der Waals surface area contributed by atoms with E-state index in [4.69, 9.17) is 5.84 Å². The summed E-state index contributed by atoms with van der Waals surface area (Å²) in [6.07, 6.45) is -2.63. The van der Waals surface area contributed by atoms with Crippen LogP contribution in [0.15, 0.2) is 6.07 Å². The van der Waals surface area contributed by atoms with Gasteiger partial charge in [-0.05, 0) is 5.92 Å². The van der Waals surface area contributed by atoms with Gasteiger partial charge in [0.05, 0.1) is 0 Å². The quantitative estimate of drug-likeness (QED) is 0.550. The van der Waals surface area contributed by atoms with E-state index in [9.17, 15) is 13.2 Å². The number of hydrazine groups is 1. The van der Waals surface area contributed by atoms with Gasteiger partial charge in [0.25, 0.3) is 0 Å². The maximum Gasteiger partial charge on any atom is 0.433 e. The van der Waals surface area contributed by atoms with Crippen LogP contribution in [0.2, 0.25) is 0 Å². The summed E-state index contributed by atoms with van der Waals surface area (Å²) in [4.78, 5) is 7.13. The van der Waals surface area contributed by atoms with E-state index in [2.05, 4.69) is 15.3 Å². The summed E-state index contributed by atoms with van der Waals surface area (Å²) < 4.78 is 37.9. The number of nitrogens with two attached hydrogens (primary N) is 1. The molecule has 1 heterocycles. The Morgan fingerprint density at radius 3 is 2.37 bits per heavy atom. The highest BCUT2D eigenvalue weighted by atomic mass is 19.4. The fourth-order valence-electron chi connectivity index (χ4n) is 1.57. The standard InChI is InChI=1S/C11H18F3N5/c1-3-7(4-2)6-16-9-5-8(11(12,13)14)17-10(18-9)19-15/h5,7H,3-4,6,15H2,1-2H3,(H2,16,17,18,19). The van der Waals surface area contributed by atoms with Gasteiger partial charge in [0.1, 0.15) is 5.82 Å². The summed E-state index contributed by atoms with van der Waals surface area (Å²) in [5, 5.41) is 2.89. The number of rotatable bonds is 6. The van der Waals surface area contributed by atoms with Crippen molar-refractivity contribution in [2.24, 2.45) is 11.8 Å². The molecule has 0 bridgehead atoms. The Morgan fingerprint density at radius 1 is 1.26 bits per heavy atom. The Bertz CT molecular complexity index is 404. The van der Waals surface area contributed by atoms with Crippen LogP contribution < -0.4 is 16.6 Å². The first-order chi connectivity index (χ1) is 8.90. The van der Waals surface area contributed by atoms with Gasteiger partial charge in [-0.1, -0.05) is 26.7 Å². The van der Waals surface area contributed by atoms with Crippen LogP contribution in [0.25, 0.3) is 0 Å². The maximum absolute atomic E-state index is 12.6. The molecule has 19 heavy (non-hydrogen) atoms. The minimum Gasteiger partial charge on any atom is -0.370 e. The van der Waals surface area contributed by atoms with Crippen molar-refractivity contribution in [3.63, 3.8) is 0 Å². The lowest BCUT2D eigenvalue weighted by Gasteiger charge is -2.15. The van der Waals surface area contributed by atoms with Crippen LogP contribution in [0, 0.1) is 5.92 Å². The minimum atomic E-state index is -4.53. The summed E-state index contributed by atoms with van der Waals surface area (Å²) in [6.45, 7) is 4.62. The van der Waals surface area contributed by atoms with Gasteiger partial charge in [-0.25, -0.2) is 10.8 Å². The van der Waals surface area contributed by atoms with Crippen molar-refractivity contribution in [1.29, 1.82) is 0 Å². The number of nitrogens with one attached hydrogen (secondary N) is 2. The minimum absolute atomic E-state index is 0.113. The maximum atomic E-state index is 12.6. The summed E-state index contributed by atoms with van der Waals surface area (Å²) in [7, 11) is 0. The second-order valence-corrected chi connectivity index (χ2v) is 4.17. The van der Waals surface area contributed by atoms with Crippen LogP contribution in [0.3, 0.4) is 0 Å². The highest BCUT2D eigenvalue weighted by Gasteiger charge is 2.33. The van der Waals surface area contributed by atoms with Gasteiger partial charge in [0, 0.05) is 12.6 Å². The van der Waals surface area contributed by atoms with Crippen LogP contribution in [0.5, 0.6) is 0 Å². The molecular formula is C11H18F3N5. The fourth-order valence-corrected chi connectivity index (χ4v) is 1.57. The fraction of sp³-hybridized carbons (Fsp3) is 0.636. The molecule has 0 unspecified atom stereocenters. The lowest BCUT2D eigenvalue weighted by Crippen LogP contribution is -2.19. The molecule has 0 spiro atoms. The molecule has 108 valence electrons.